The molecule has 0 radical (unpaired) electrons. The zero-order valence-corrected chi connectivity index (χ0v) is 17.2. The van der Waals surface area contributed by atoms with Gasteiger partial charge in [0.25, 0.3) is 5.91 Å². The molecule has 3 aromatic rings. The van der Waals surface area contributed by atoms with Crippen LogP contribution in [0.2, 0.25) is 0 Å². The van der Waals surface area contributed by atoms with E-state index in [9.17, 15) is 4.79 Å². The summed E-state index contributed by atoms with van der Waals surface area (Å²) in [4.78, 5) is 21.5. The van der Waals surface area contributed by atoms with Crippen molar-refractivity contribution < 1.29 is 9.53 Å². The van der Waals surface area contributed by atoms with Gasteiger partial charge < -0.3 is 15.4 Å². The van der Waals surface area contributed by atoms with Gasteiger partial charge in [0.15, 0.2) is 0 Å². The fourth-order valence-electron chi connectivity index (χ4n) is 2.97. The number of rotatable bonds is 7. The van der Waals surface area contributed by atoms with Crippen molar-refractivity contribution in [3.05, 3.63) is 76.6 Å². The van der Waals surface area contributed by atoms with Crippen LogP contribution in [0, 0.1) is 20.8 Å². The van der Waals surface area contributed by atoms with Crippen molar-refractivity contribution in [2.45, 2.75) is 27.2 Å². The van der Waals surface area contributed by atoms with Crippen LogP contribution in [-0.2, 0) is 6.42 Å². The number of aryl methyl sites for hydroxylation is 3. The molecule has 3 rings (SSSR count). The Kier molecular flexibility index (Phi) is 6.44. The zero-order valence-electron chi connectivity index (χ0n) is 17.2. The van der Waals surface area contributed by atoms with Crippen LogP contribution < -0.4 is 15.4 Å². The van der Waals surface area contributed by atoms with E-state index in [2.05, 4.69) is 20.6 Å². The van der Waals surface area contributed by atoms with Gasteiger partial charge in [0, 0.05) is 17.9 Å². The van der Waals surface area contributed by atoms with Crippen molar-refractivity contribution in [2.24, 2.45) is 0 Å². The standard InChI is InChI=1S/C23H26N4O2/c1-15-8-9-16(2)20(12-15)26-22(28)21-13-17(3)25-23(27-21)24-11-10-18-6-5-7-19(14-18)29-4/h5-9,12-14H,10-11H2,1-4H3,(H,26,28)(H,24,25,27). The Hall–Kier alpha value is -3.41. The number of carbonyl (C=O) groups is 1. The average molecular weight is 390 g/mol. The fraction of sp³-hybridized carbons (Fsp3) is 0.261. The highest BCUT2D eigenvalue weighted by Gasteiger charge is 2.12. The minimum Gasteiger partial charge on any atom is -0.497 e. The van der Waals surface area contributed by atoms with E-state index in [1.54, 1.807) is 13.2 Å². The SMILES string of the molecule is COc1cccc(CCNc2nc(C)cc(C(=O)Nc3cc(C)ccc3C)n2)c1. The Morgan fingerprint density at radius 2 is 1.86 bits per heavy atom. The number of hydrogen-bond donors (Lipinski definition) is 2. The third-order valence-corrected chi connectivity index (χ3v) is 4.56. The predicted molar refractivity (Wildman–Crippen MR) is 116 cm³/mol. The van der Waals surface area contributed by atoms with Crippen LogP contribution >= 0.6 is 0 Å². The molecule has 0 aliphatic carbocycles. The molecule has 0 fully saturated rings. The topological polar surface area (TPSA) is 76.1 Å². The van der Waals surface area contributed by atoms with E-state index in [0.717, 1.165) is 40.2 Å². The van der Waals surface area contributed by atoms with E-state index in [0.29, 0.717) is 18.2 Å². The number of aromatic nitrogens is 2. The summed E-state index contributed by atoms with van der Waals surface area (Å²) in [6.45, 7) is 6.46. The van der Waals surface area contributed by atoms with Crippen LogP contribution in [-0.4, -0.2) is 29.5 Å². The highest BCUT2D eigenvalue weighted by molar-refractivity contribution is 6.03. The number of carbonyl (C=O) groups excluding carboxylic acids is 1. The zero-order chi connectivity index (χ0) is 20.8. The highest BCUT2D eigenvalue weighted by atomic mass is 16.5. The van der Waals surface area contributed by atoms with E-state index < -0.39 is 0 Å². The van der Waals surface area contributed by atoms with Crippen molar-refractivity contribution in [3.63, 3.8) is 0 Å². The summed E-state index contributed by atoms with van der Waals surface area (Å²) in [5, 5.41) is 6.15. The summed E-state index contributed by atoms with van der Waals surface area (Å²) < 4.78 is 5.25. The van der Waals surface area contributed by atoms with E-state index in [1.807, 2.05) is 63.2 Å². The van der Waals surface area contributed by atoms with Gasteiger partial charge >= 0.3 is 0 Å². The second-order valence-electron chi connectivity index (χ2n) is 7.02. The number of amides is 1. The number of nitrogens with one attached hydrogen (secondary N) is 2. The largest absolute Gasteiger partial charge is 0.497 e. The van der Waals surface area contributed by atoms with Crippen molar-refractivity contribution >= 4 is 17.5 Å². The molecule has 29 heavy (non-hydrogen) atoms. The van der Waals surface area contributed by atoms with Crippen LogP contribution in [0.15, 0.2) is 48.5 Å². The van der Waals surface area contributed by atoms with E-state index in [1.165, 1.54) is 0 Å². The minimum absolute atomic E-state index is 0.250. The molecule has 1 aromatic heterocycles. The van der Waals surface area contributed by atoms with Crippen LogP contribution in [0.4, 0.5) is 11.6 Å². The molecule has 0 unspecified atom stereocenters. The molecule has 0 aliphatic heterocycles. The Balaban J connectivity index is 1.67. The summed E-state index contributed by atoms with van der Waals surface area (Å²) >= 11 is 0. The van der Waals surface area contributed by atoms with Crippen LogP contribution in [0.25, 0.3) is 0 Å². The van der Waals surface area contributed by atoms with Gasteiger partial charge in [0.2, 0.25) is 5.95 Å². The Labute approximate surface area is 171 Å². The van der Waals surface area contributed by atoms with Gasteiger partial charge in [-0.1, -0.05) is 24.3 Å². The van der Waals surface area contributed by atoms with Crippen LogP contribution in [0.5, 0.6) is 5.75 Å². The lowest BCUT2D eigenvalue weighted by Crippen LogP contribution is -2.17. The summed E-state index contributed by atoms with van der Waals surface area (Å²) in [5.74, 6) is 1.03. The molecule has 0 saturated carbocycles. The van der Waals surface area contributed by atoms with Crippen LogP contribution in [0.1, 0.15) is 32.9 Å². The normalized spacial score (nSPS) is 10.5. The van der Waals surface area contributed by atoms with Crippen molar-refractivity contribution in [3.8, 4) is 5.75 Å². The second-order valence-corrected chi connectivity index (χ2v) is 7.02. The summed E-state index contributed by atoms with van der Waals surface area (Å²) in [5.41, 5.74) is 5.10. The molecular formula is C23H26N4O2. The Morgan fingerprint density at radius 1 is 1.03 bits per heavy atom. The van der Waals surface area contributed by atoms with Gasteiger partial charge in [0.05, 0.1) is 7.11 Å². The second kappa shape index (κ2) is 9.19. The first-order valence-corrected chi connectivity index (χ1v) is 9.55. The van der Waals surface area contributed by atoms with E-state index in [-0.39, 0.29) is 5.91 Å². The van der Waals surface area contributed by atoms with E-state index >= 15 is 0 Å². The predicted octanol–water partition coefficient (Wildman–Crippen LogP) is 4.32. The molecule has 0 bridgehead atoms. The maximum absolute atomic E-state index is 12.7. The molecular weight excluding hydrogens is 364 g/mol. The first-order chi connectivity index (χ1) is 13.9. The number of ether oxygens (including phenoxy) is 1. The Bertz CT molecular complexity index is 1020. The number of methoxy groups -OCH3 is 1. The molecule has 6 nitrogen and oxygen atoms in total. The third-order valence-electron chi connectivity index (χ3n) is 4.56. The molecule has 2 N–H and O–H groups in total. The number of nitrogens with zero attached hydrogens (tertiary/aromatic N) is 2. The lowest BCUT2D eigenvalue weighted by Gasteiger charge is -2.11. The molecule has 150 valence electrons. The van der Waals surface area contributed by atoms with Gasteiger partial charge in [0.1, 0.15) is 11.4 Å². The molecule has 0 aliphatic rings. The number of benzene rings is 2. The lowest BCUT2D eigenvalue weighted by atomic mass is 10.1. The van der Waals surface area contributed by atoms with Gasteiger partial charge in [-0.05, 0) is 68.1 Å². The number of hydrogen-bond acceptors (Lipinski definition) is 5. The summed E-state index contributed by atoms with van der Waals surface area (Å²) in [6, 6.07) is 15.6. The average Bonchev–Trinajstić information content (AvgIpc) is 2.70. The fourth-order valence-corrected chi connectivity index (χ4v) is 2.97. The molecule has 0 spiro atoms. The van der Waals surface area contributed by atoms with Gasteiger partial charge in [-0.3, -0.25) is 4.79 Å². The van der Waals surface area contributed by atoms with Gasteiger partial charge in [-0.2, -0.15) is 0 Å². The number of anilines is 2. The third kappa shape index (κ3) is 5.54. The molecule has 1 amide bonds. The maximum atomic E-state index is 12.7. The van der Waals surface area contributed by atoms with Gasteiger partial charge in [-0.15, -0.1) is 0 Å². The lowest BCUT2D eigenvalue weighted by molar-refractivity contribution is 0.102. The molecule has 0 atom stereocenters. The Morgan fingerprint density at radius 3 is 2.66 bits per heavy atom. The van der Waals surface area contributed by atoms with Crippen molar-refractivity contribution in [1.82, 2.24) is 9.97 Å². The molecule has 2 aromatic carbocycles. The smallest absolute Gasteiger partial charge is 0.274 e. The molecule has 0 saturated heterocycles. The monoisotopic (exact) mass is 390 g/mol. The van der Waals surface area contributed by atoms with Crippen molar-refractivity contribution in [1.29, 1.82) is 0 Å². The minimum atomic E-state index is -0.250. The van der Waals surface area contributed by atoms with E-state index in [4.69, 9.17) is 4.74 Å². The van der Waals surface area contributed by atoms with Crippen molar-refractivity contribution in [2.75, 3.05) is 24.3 Å². The first-order valence-electron chi connectivity index (χ1n) is 9.55. The summed E-state index contributed by atoms with van der Waals surface area (Å²) in [7, 11) is 1.66. The molecule has 1 heterocycles. The maximum Gasteiger partial charge on any atom is 0.274 e. The quantitative estimate of drug-likeness (QED) is 0.628. The summed E-state index contributed by atoms with van der Waals surface area (Å²) in [6.07, 6.45) is 0.790. The van der Waals surface area contributed by atoms with Gasteiger partial charge in [-0.25, -0.2) is 9.97 Å². The first kappa shape index (κ1) is 20.3. The highest BCUT2D eigenvalue weighted by Crippen LogP contribution is 2.18. The molecule has 6 heteroatoms. The van der Waals surface area contributed by atoms with Crippen LogP contribution in [0.3, 0.4) is 0 Å².